The molecular formula is C13H14FN3O4. The van der Waals surface area contributed by atoms with Crippen molar-refractivity contribution in [1.29, 1.82) is 0 Å². The van der Waals surface area contributed by atoms with Crippen LogP contribution in [0.15, 0.2) is 24.3 Å². The summed E-state index contributed by atoms with van der Waals surface area (Å²) in [6.45, 7) is -0.422. The minimum atomic E-state index is -1.20. The number of nitrogens with one attached hydrogen (secondary N) is 2. The summed E-state index contributed by atoms with van der Waals surface area (Å²) in [6, 6.07) is 3.88. The molecule has 1 fully saturated rings. The summed E-state index contributed by atoms with van der Waals surface area (Å²) >= 11 is 0. The number of halogens is 1. The number of carbonyl (C=O) groups excluding carboxylic acids is 2. The number of aliphatic carboxylic acids is 1. The first-order valence-corrected chi connectivity index (χ1v) is 6.26. The predicted molar refractivity (Wildman–Crippen MR) is 69.8 cm³/mol. The quantitative estimate of drug-likeness (QED) is 0.726. The second-order valence-corrected chi connectivity index (χ2v) is 4.57. The fraction of sp³-hybridized carbons (Fsp3) is 0.308. The number of urea groups is 1. The van der Waals surface area contributed by atoms with E-state index in [9.17, 15) is 18.8 Å². The lowest BCUT2D eigenvalue weighted by molar-refractivity contribution is -0.144. The molecule has 0 saturated carbocycles. The molecule has 21 heavy (non-hydrogen) atoms. The van der Waals surface area contributed by atoms with Crippen LogP contribution in [-0.2, 0) is 16.1 Å². The average Bonchev–Trinajstić information content (AvgIpc) is 2.44. The zero-order valence-corrected chi connectivity index (χ0v) is 11.0. The Hall–Kier alpha value is -2.64. The third-order valence-electron chi connectivity index (χ3n) is 3.06. The zero-order chi connectivity index (χ0) is 15.4. The van der Waals surface area contributed by atoms with E-state index in [2.05, 4.69) is 10.6 Å². The van der Waals surface area contributed by atoms with E-state index in [1.54, 1.807) is 6.07 Å². The van der Waals surface area contributed by atoms with Crippen molar-refractivity contribution in [2.45, 2.75) is 12.6 Å². The maximum Gasteiger partial charge on any atom is 0.328 e. The molecule has 0 aromatic heterocycles. The molecule has 1 aromatic carbocycles. The minimum Gasteiger partial charge on any atom is -0.480 e. The Morgan fingerprint density at radius 3 is 2.90 bits per heavy atom. The van der Waals surface area contributed by atoms with Crippen molar-refractivity contribution < 1.29 is 23.9 Å². The van der Waals surface area contributed by atoms with Crippen LogP contribution in [0, 0.1) is 5.82 Å². The minimum absolute atomic E-state index is 0.0427. The lowest BCUT2D eigenvalue weighted by Gasteiger charge is -2.32. The topological polar surface area (TPSA) is 98.7 Å². The van der Waals surface area contributed by atoms with E-state index in [-0.39, 0.29) is 19.6 Å². The molecule has 2 rings (SSSR count). The van der Waals surface area contributed by atoms with Crippen molar-refractivity contribution in [3.63, 3.8) is 0 Å². The van der Waals surface area contributed by atoms with Crippen molar-refractivity contribution in [3.8, 4) is 0 Å². The number of benzene rings is 1. The van der Waals surface area contributed by atoms with Gasteiger partial charge in [-0.15, -0.1) is 0 Å². The van der Waals surface area contributed by atoms with E-state index in [1.165, 1.54) is 18.2 Å². The lowest BCUT2D eigenvalue weighted by Crippen LogP contribution is -2.61. The molecule has 3 amide bonds. The van der Waals surface area contributed by atoms with Crippen LogP contribution < -0.4 is 10.6 Å². The summed E-state index contributed by atoms with van der Waals surface area (Å²) in [5, 5.41) is 13.9. The van der Waals surface area contributed by atoms with Gasteiger partial charge in [0, 0.05) is 13.1 Å². The second kappa shape index (κ2) is 6.21. The van der Waals surface area contributed by atoms with Gasteiger partial charge >= 0.3 is 12.0 Å². The monoisotopic (exact) mass is 295 g/mol. The Morgan fingerprint density at radius 2 is 2.24 bits per heavy atom. The fourth-order valence-electron chi connectivity index (χ4n) is 2.00. The molecular weight excluding hydrogens is 281 g/mol. The Kier molecular flexibility index (Phi) is 4.36. The Bertz CT molecular complexity index is 578. The highest BCUT2D eigenvalue weighted by molar-refractivity contribution is 5.90. The molecule has 0 radical (unpaired) electrons. The van der Waals surface area contributed by atoms with Crippen LogP contribution >= 0.6 is 0 Å². The largest absolute Gasteiger partial charge is 0.480 e. The number of hydrogen-bond acceptors (Lipinski definition) is 3. The van der Waals surface area contributed by atoms with Crippen LogP contribution in [0.1, 0.15) is 5.56 Å². The number of amides is 3. The first-order valence-electron chi connectivity index (χ1n) is 6.26. The van der Waals surface area contributed by atoms with Gasteiger partial charge in [-0.3, -0.25) is 9.69 Å². The van der Waals surface area contributed by atoms with Gasteiger partial charge in [-0.25, -0.2) is 14.0 Å². The van der Waals surface area contributed by atoms with Crippen molar-refractivity contribution in [1.82, 2.24) is 15.5 Å². The number of carboxylic acids is 1. The molecule has 1 unspecified atom stereocenters. The van der Waals surface area contributed by atoms with E-state index in [0.717, 1.165) is 4.90 Å². The Morgan fingerprint density at radius 1 is 1.48 bits per heavy atom. The summed E-state index contributed by atoms with van der Waals surface area (Å²) in [6.07, 6.45) is 0. The van der Waals surface area contributed by atoms with Crippen LogP contribution in [0.25, 0.3) is 0 Å². The summed E-state index contributed by atoms with van der Waals surface area (Å²) < 4.78 is 13.0. The van der Waals surface area contributed by atoms with E-state index >= 15 is 0 Å². The maximum absolute atomic E-state index is 13.0. The fourth-order valence-corrected chi connectivity index (χ4v) is 2.00. The van der Waals surface area contributed by atoms with Gasteiger partial charge in [0.1, 0.15) is 18.4 Å². The Balaban J connectivity index is 2.00. The highest BCUT2D eigenvalue weighted by Gasteiger charge is 2.35. The molecule has 1 aromatic rings. The van der Waals surface area contributed by atoms with E-state index < -0.39 is 29.8 Å². The smallest absolute Gasteiger partial charge is 0.328 e. The molecule has 0 bridgehead atoms. The first-order chi connectivity index (χ1) is 9.97. The summed E-state index contributed by atoms with van der Waals surface area (Å²) in [5.41, 5.74) is 0.539. The van der Waals surface area contributed by atoms with Gasteiger partial charge in [-0.05, 0) is 17.7 Å². The number of carboxylic acid groups (broad SMARTS) is 1. The molecule has 0 aliphatic carbocycles. The Labute approximate surface area is 119 Å². The summed E-state index contributed by atoms with van der Waals surface area (Å²) in [7, 11) is 0. The van der Waals surface area contributed by atoms with Gasteiger partial charge in [-0.1, -0.05) is 12.1 Å². The lowest BCUT2D eigenvalue weighted by atomic mass is 10.2. The van der Waals surface area contributed by atoms with Crippen LogP contribution in [0.4, 0.5) is 9.18 Å². The zero-order valence-electron chi connectivity index (χ0n) is 11.0. The molecule has 1 saturated heterocycles. The third-order valence-corrected chi connectivity index (χ3v) is 3.06. The number of nitrogens with zero attached hydrogens (tertiary/aromatic N) is 1. The molecule has 1 aliphatic rings. The molecule has 112 valence electrons. The predicted octanol–water partition coefficient (Wildman–Crippen LogP) is -0.0797. The van der Waals surface area contributed by atoms with Crippen LogP contribution in [0.2, 0.25) is 0 Å². The van der Waals surface area contributed by atoms with Crippen molar-refractivity contribution in [2.75, 3.05) is 13.1 Å². The summed E-state index contributed by atoms with van der Waals surface area (Å²) in [4.78, 5) is 35.3. The normalized spacial score (nSPS) is 18.0. The molecule has 1 atom stereocenters. The van der Waals surface area contributed by atoms with Gasteiger partial charge < -0.3 is 15.7 Å². The molecule has 8 heteroatoms. The van der Waals surface area contributed by atoms with Crippen molar-refractivity contribution >= 4 is 17.9 Å². The molecule has 1 heterocycles. The molecule has 0 spiro atoms. The number of rotatable bonds is 3. The van der Waals surface area contributed by atoms with E-state index in [0.29, 0.717) is 5.56 Å². The van der Waals surface area contributed by atoms with Gasteiger partial charge in [0.05, 0.1) is 0 Å². The molecule has 1 aliphatic heterocycles. The van der Waals surface area contributed by atoms with Crippen LogP contribution in [0.5, 0.6) is 0 Å². The van der Waals surface area contributed by atoms with Crippen LogP contribution in [0.3, 0.4) is 0 Å². The highest BCUT2D eigenvalue weighted by Crippen LogP contribution is 2.07. The van der Waals surface area contributed by atoms with Gasteiger partial charge in [0.25, 0.3) is 0 Å². The van der Waals surface area contributed by atoms with Gasteiger partial charge in [0.15, 0.2) is 0 Å². The molecule has 7 nitrogen and oxygen atoms in total. The third kappa shape index (κ3) is 3.68. The molecule has 3 N–H and O–H groups in total. The van der Waals surface area contributed by atoms with Crippen molar-refractivity contribution in [2.24, 2.45) is 0 Å². The average molecular weight is 295 g/mol. The number of carbonyl (C=O) groups is 3. The number of hydrogen-bond donors (Lipinski definition) is 3. The maximum atomic E-state index is 13.0. The van der Waals surface area contributed by atoms with Gasteiger partial charge in [-0.2, -0.15) is 0 Å². The second-order valence-electron chi connectivity index (χ2n) is 4.57. The number of piperazine rings is 1. The van der Waals surface area contributed by atoms with Gasteiger partial charge in [0.2, 0.25) is 5.91 Å². The van der Waals surface area contributed by atoms with E-state index in [4.69, 9.17) is 5.11 Å². The highest BCUT2D eigenvalue weighted by atomic mass is 19.1. The SMILES string of the molecule is O=C1CN(C(=O)NCc2cccc(F)c2)C(C(=O)O)CN1. The summed E-state index contributed by atoms with van der Waals surface area (Å²) in [5.74, 6) is -2.05. The first kappa shape index (κ1) is 14.8. The van der Waals surface area contributed by atoms with Crippen LogP contribution in [-0.4, -0.2) is 47.0 Å². The van der Waals surface area contributed by atoms with E-state index in [1.807, 2.05) is 0 Å². The van der Waals surface area contributed by atoms with Crippen molar-refractivity contribution in [3.05, 3.63) is 35.6 Å². The standard InChI is InChI=1S/C13H14FN3O4/c14-9-3-1-2-8(4-9)5-16-13(21)17-7-11(18)15-6-10(17)12(19)20/h1-4,10H,5-7H2,(H,15,18)(H,16,21)(H,19,20).